The number of aromatic nitrogens is 2. The van der Waals surface area contributed by atoms with Gasteiger partial charge in [-0.2, -0.15) is 0 Å². The summed E-state index contributed by atoms with van der Waals surface area (Å²) in [6, 6.07) is 19.6. The van der Waals surface area contributed by atoms with Gasteiger partial charge in [-0.1, -0.05) is 36.0 Å². The molecule has 0 saturated heterocycles. The van der Waals surface area contributed by atoms with Crippen molar-refractivity contribution in [3.63, 3.8) is 0 Å². The van der Waals surface area contributed by atoms with Crippen LogP contribution in [0.4, 0.5) is 5.69 Å². The molecule has 0 bridgehead atoms. The van der Waals surface area contributed by atoms with Crippen molar-refractivity contribution >= 4 is 45.2 Å². The Hall–Kier alpha value is -2.99. The van der Waals surface area contributed by atoms with Gasteiger partial charge in [-0.05, 0) is 47.2 Å². The van der Waals surface area contributed by atoms with E-state index < -0.39 is 0 Å². The van der Waals surface area contributed by atoms with E-state index in [0.29, 0.717) is 0 Å². The number of methoxy groups -OCH3 is 1. The molecule has 0 saturated carbocycles. The molecule has 0 atom stereocenters. The molecule has 0 fully saturated rings. The molecule has 26 heavy (non-hydrogen) atoms. The third-order valence-electron chi connectivity index (χ3n) is 4.04. The van der Waals surface area contributed by atoms with Crippen molar-refractivity contribution in [3.8, 4) is 5.75 Å². The molecular formula is C20H17N3O2S. The van der Waals surface area contributed by atoms with Crippen molar-refractivity contribution < 1.29 is 9.53 Å². The molecule has 4 rings (SSSR count). The fourth-order valence-electron chi connectivity index (χ4n) is 2.75. The van der Waals surface area contributed by atoms with Crippen molar-refractivity contribution in [3.05, 3.63) is 60.7 Å². The van der Waals surface area contributed by atoms with Gasteiger partial charge in [-0.25, -0.2) is 4.98 Å². The minimum absolute atomic E-state index is 0.0780. The molecule has 0 spiro atoms. The van der Waals surface area contributed by atoms with Crippen molar-refractivity contribution in [2.24, 2.45) is 0 Å². The van der Waals surface area contributed by atoms with Crippen LogP contribution in [0.1, 0.15) is 0 Å². The minimum Gasteiger partial charge on any atom is -0.497 e. The van der Waals surface area contributed by atoms with E-state index in [1.165, 1.54) is 11.8 Å². The highest BCUT2D eigenvalue weighted by Crippen LogP contribution is 2.24. The van der Waals surface area contributed by atoms with Gasteiger partial charge >= 0.3 is 0 Å². The second kappa shape index (κ2) is 7.09. The normalized spacial score (nSPS) is 11.0. The zero-order chi connectivity index (χ0) is 17.9. The molecule has 3 aromatic carbocycles. The molecule has 1 amide bonds. The lowest BCUT2D eigenvalue weighted by Gasteiger charge is -2.05. The highest BCUT2D eigenvalue weighted by Gasteiger charge is 2.08. The third-order valence-corrected chi connectivity index (χ3v) is 4.91. The molecule has 1 aromatic heterocycles. The molecule has 0 unspecified atom stereocenters. The maximum Gasteiger partial charge on any atom is 0.234 e. The number of nitrogens with one attached hydrogen (secondary N) is 2. The highest BCUT2D eigenvalue weighted by atomic mass is 32.2. The van der Waals surface area contributed by atoms with Gasteiger partial charge in [0.15, 0.2) is 5.16 Å². The van der Waals surface area contributed by atoms with Crippen molar-refractivity contribution in [2.75, 3.05) is 18.2 Å². The van der Waals surface area contributed by atoms with Crippen molar-refractivity contribution in [2.45, 2.75) is 5.16 Å². The van der Waals surface area contributed by atoms with E-state index in [-0.39, 0.29) is 11.7 Å². The largest absolute Gasteiger partial charge is 0.497 e. The van der Waals surface area contributed by atoms with Gasteiger partial charge in [0.1, 0.15) is 5.75 Å². The van der Waals surface area contributed by atoms with Crippen LogP contribution in [-0.2, 0) is 4.79 Å². The maximum absolute atomic E-state index is 12.1. The standard InChI is InChI=1S/C20H17N3O2S/c1-25-16-8-6-15(7-9-16)21-19(24)12-26-20-22-17-10-13-4-2-3-5-14(13)11-18(17)23-20/h2-11H,12H2,1H3,(H,21,24)(H,22,23). The summed E-state index contributed by atoms with van der Waals surface area (Å²) < 4.78 is 5.11. The van der Waals surface area contributed by atoms with Gasteiger partial charge in [0.05, 0.1) is 23.9 Å². The van der Waals surface area contributed by atoms with Crippen LogP contribution < -0.4 is 10.1 Å². The quantitative estimate of drug-likeness (QED) is 0.514. The second-order valence-electron chi connectivity index (χ2n) is 5.82. The molecule has 6 heteroatoms. The van der Waals surface area contributed by atoms with Crippen LogP contribution in [-0.4, -0.2) is 28.7 Å². The Morgan fingerprint density at radius 1 is 1.12 bits per heavy atom. The number of amides is 1. The molecule has 0 radical (unpaired) electrons. The molecule has 2 N–H and O–H groups in total. The lowest BCUT2D eigenvalue weighted by molar-refractivity contribution is -0.113. The van der Waals surface area contributed by atoms with E-state index >= 15 is 0 Å². The van der Waals surface area contributed by atoms with Crippen LogP contribution in [0.25, 0.3) is 21.8 Å². The van der Waals surface area contributed by atoms with Crippen LogP contribution in [0, 0.1) is 0 Å². The lowest BCUT2D eigenvalue weighted by atomic mass is 10.1. The topological polar surface area (TPSA) is 67.0 Å². The fraction of sp³-hybridized carbons (Fsp3) is 0.100. The van der Waals surface area contributed by atoms with E-state index in [1.54, 1.807) is 7.11 Å². The zero-order valence-electron chi connectivity index (χ0n) is 14.2. The van der Waals surface area contributed by atoms with Crippen molar-refractivity contribution in [1.82, 2.24) is 9.97 Å². The smallest absolute Gasteiger partial charge is 0.234 e. The predicted molar refractivity (Wildman–Crippen MR) is 106 cm³/mol. The predicted octanol–water partition coefficient (Wildman–Crippen LogP) is 4.46. The molecule has 130 valence electrons. The number of anilines is 1. The molecule has 0 aliphatic carbocycles. The van der Waals surface area contributed by atoms with Crippen LogP contribution in [0.2, 0.25) is 0 Å². The van der Waals surface area contributed by atoms with Gasteiger partial charge in [0, 0.05) is 5.69 Å². The monoisotopic (exact) mass is 363 g/mol. The lowest BCUT2D eigenvalue weighted by Crippen LogP contribution is -2.13. The number of hydrogen-bond acceptors (Lipinski definition) is 4. The third kappa shape index (κ3) is 3.50. The van der Waals surface area contributed by atoms with E-state index in [1.807, 2.05) is 36.4 Å². The minimum atomic E-state index is -0.0780. The molecule has 0 aliphatic rings. The second-order valence-corrected chi connectivity index (χ2v) is 6.79. The first-order valence-electron chi connectivity index (χ1n) is 8.16. The first-order valence-corrected chi connectivity index (χ1v) is 9.15. The number of nitrogens with zero attached hydrogens (tertiary/aromatic N) is 1. The van der Waals surface area contributed by atoms with E-state index in [9.17, 15) is 4.79 Å². The van der Waals surface area contributed by atoms with Gasteiger partial charge < -0.3 is 15.0 Å². The number of H-pyrrole nitrogens is 1. The number of carbonyl (C=O) groups excluding carboxylic acids is 1. The first-order chi connectivity index (χ1) is 12.7. The first kappa shape index (κ1) is 16.5. The number of carbonyl (C=O) groups is 1. The maximum atomic E-state index is 12.1. The Labute approximate surface area is 154 Å². The fourth-order valence-corrected chi connectivity index (χ4v) is 3.43. The molecule has 1 heterocycles. The van der Waals surface area contributed by atoms with Gasteiger partial charge in [0.2, 0.25) is 5.91 Å². The van der Waals surface area contributed by atoms with Crippen LogP contribution in [0.15, 0.2) is 65.8 Å². The average molecular weight is 363 g/mol. The summed E-state index contributed by atoms with van der Waals surface area (Å²) in [4.78, 5) is 20.0. The van der Waals surface area contributed by atoms with Crippen LogP contribution >= 0.6 is 11.8 Å². The number of benzene rings is 3. The number of ether oxygens (including phenoxy) is 1. The number of rotatable bonds is 5. The van der Waals surface area contributed by atoms with E-state index in [0.717, 1.165) is 38.4 Å². The van der Waals surface area contributed by atoms with Gasteiger partial charge in [-0.15, -0.1) is 0 Å². The Kier molecular flexibility index (Phi) is 4.50. The molecular weight excluding hydrogens is 346 g/mol. The Bertz CT molecular complexity index is 1020. The Balaban J connectivity index is 1.43. The van der Waals surface area contributed by atoms with Gasteiger partial charge in [0.25, 0.3) is 0 Å². The molecule has 0 aliphatic heterocycles. The van der Waals surface area contributed by atoms with E-state index in [2.05, 4.69) is 39.6 Å². The summed E-state index contributed by atoms with van der Waals surface area (Å²) in [5.74, 6) is 0.962. The van der Waals surface area contributed by atoms with E-state index in [4.69, 9.17) is 4.74 Å². The number of aromatic amines is 1. The average Bonchev–Trinajstić information content (AvgIpc) is 3.07. The summed E-state index contributed by atoms with van der Waals surface area (Å²) in [6.45, 7) is 0. The zero-order valence-corrected chi connectivity index (χ0v) is 15.0. The SMILES string of the molecule is COc1ccc(NC(=O)CSc2nc3cc4ccccc4cc3[nH]2)cc1. The highest BCUT2D eigenvalue weighted by molar-refractivity contribution is 7.99. The number of thioether (sulfide) groups is 1. The van der Waals surface area contributed by atoms with Crippen LogP contribution in [0.3, 0.4) is 0 Å². The summed E-state index contributed by atoms with van der Waals surface area (Å²) in [6.07, 6.45) is 0. The molecule has 5 nitrogen and oxygen atoms in total. The number of imidazole rings is 1. The number of fused-ring (bicyclic) bond motifs is 2. The summed E-state index contributed by atoms with van der Waals surface area (Å²) in [5, 5.41) is 5.92. The Morgan fingerprint density at radius 2 is 1.85 bits per heavy atom. The molecule has 4 aromatic rings. The number of hydrogen-bond donors (Lipinski definition) is 2. The van der Waals surface area contributed by atoms with Gasteiger partial charge in [-0.3, -0.25) is 4.79 Å². The van der Waals surface area contributed by atoms with Crippen molar-refractivity contribution in [1.29, 1.82) is 0 Å². The van der Waals surface area contributed by atoms with Crippen LogP contribution in [0.5, 0.6) is 5.75 Å². The summed E-state index contributed by atoms with van der Waals surface area (Å²) in [5.41, 5.74) is 2.62. The summed E-state index contributed by atoms with van der Waals surface area (Å²) in [7, 11) is 1.61. The summed E-state index contributed by atoms with van der Waals surface area (Å²) >= 11 is 1.38. The Morgan fingerprint density at radius 3 is 2.58 bits per heavy atom.